The average molecular weight is 358 g/mol. The fraction of sp³-hybridized carbons (Fsp3) is 0.500. The van der Waals surface area contributed by atoms with Gasteiger partial charge in [0.2, 0.25) is 11.8 Å². The molecule has 5 nitrogen and oxygen atoms in total. The third-order valence-electron chi connectivity index (χ3n) is 5.67. The summed E-state index contributed by atoms with van der Waals surface area (Å²) >= 11 is 0. The first kappa shape index (κ1) is 17.2. The van der Waals surface area contributed by atoms with E-state index >= 15 is 0 Å². The zero-order valence-electron chi connectivity index (χ0n) is 14.9. The Hall–Kier alpha value is -2.21. The van der Waals surface area contributed by atoms with E-state index in [-0.39, 0.29) is 23.8 Å². The third-order valence-corrected chi connectivity index (χ3v) is 5.67. The van der Waals surface area contributed by atoms with E-state index in [4.69, 9.17) is 4.74 Å². The van der Waals surface area contributed by atoms with Crippen LogP contribution in [0.4, 0.5) is 10.1 Å². The number of rotatable bonds is 1. The van der Waals surface area contributed by atoms with Gasteiger partial charge in [-0.3, -0.25) is 9.59 Å². The van der Waals surface area contributed by atoms with E-state index in [1.54, 1.807) is 6.07 Å². The SMILES string of the molecule is CC1=CC2(CCN(C(=O)C3CC(=O)Nc4cc(F)ccc43)CC2)OCC1. The summed E-state index contributed by atoms with van der Waals surface area (Å²) < 4.78 is 19.5. The van der Waals surface area contributed by atoms with Crippen molar-refractivity contribution in [3.05, 3.63) is 41.2 Å². The van der Waals surface area contributed by atoms with E-state index in [0.29, 0.717) is 24.3 Å². The Bertz CT molecular complexity index is 781. The van der Waals surface area contributed by atoms with Crippen molar-refractivity contribution in [1.82, 2.24) is 4.90 Å². The molecule has 0 bridgehead atoms. The van der Waals surface area contributed by atoms with Crippen molar-refractivity contribution in [2.45, 2.75) is 44.1 Å². The van der Waals surface area contributed by atoms with Gasteiger partial charge in [0.25, 0.3) is 0 Å². The number of benzene rings is 1. The molecule has 1 aromatic carbocycles. The lowest BCUT2D eigenvalue weighted by atomic mass is 9.85. The number of fused-ring (bicyclic) bond motifs is 1. The van der Waals surface area contributed by atoms with Gasteiger partial charge in [0, 0.05) is 25.2 Å². The first-order valence-corrected chi connectivity index (χ1v) is 9.16. The van der Waals surface area contributed by atoms with Gasteiger partial charge in [0.15, 0.2) is 0 Å². The molecule has 1 N–H and O–H groups in total. The summed E-state index contributed by atoms with van der Waals surface area (Å²) in [6.07, 6.45) is 4.82. The van der Waals surface area contributed by atoms with Crippen LogP contribution in [-0.2, 0) is 14.3 Å². The minimum absolute atomic E-state index is 0.0564. The van der Waals surface area contributed by atoms with Crippen LogP contribution in [0.5, 0.6) is 0 Å². The van der Waals surface area contributed by atoms with Crippen molar-refractivity contribution in [1.29, 1.82) is 0 Å². The fourth-order valence-corrected chi connectivity index (χ4v) is 4.25. The van der Waals surface area contributed by atoms with Crippen molar-refractivity contribution < 1.29 is 18.7 Å². The summed E-state index contributed by atoms with van der Waals surface area (Å²) in [6, 6.07) is 4.22. The highest BCUT2D eigenvalue weighted by Gasteiger charge is 2.40. The molecule has 0 aliphatic carbocycles. The number of likely N-dealkylation sites (tertiary alicyclic amines) is 1. The monoisotopic (exact) mass is 358 g/mol. The Morgan fingerprint density at radius 3 is 2.85 bits per heavy atom. The second-order valence-corrected chi connectivity index (χ2v) is 7.52. The van der Waals surface area contributed by atoms with Crippen molar-refractivity contribution >= 4 is 17.5 Å². The zero-order valence-corrected chi connectivity index (χ0v) is 14.9. The molecule has 1 unspecified atom stereocenters. The van der Waals surface area contributed by atoms with Gasteiger partial charge in [-0.05, 0) is 43.9 Å². The maximum absolute atomic E-state index is 13.5. The van der Waals surface area contributed by atoms with Crippen molar-refractivity contribution in [3.63, 3.8) is 0 Å². The van der Waals surface area contributed by atoms with Crippen LogP contribution in [-0.4, -0.2) is 42.0 Å². The summed E-state index contributed by atoms with van der Waals surface area (Å²) in [5.74, 6) is -1.27. The molecule has 1 aromatic rings. The topological polar surface area (TPSA) is 58.6 Å². The number of carbonyl (C=O) groups excluding carboxylic acids is 2. The Labute approximate surface area is 152 Å². The van der Waals surface area contributed by atoms with Crippen LogP contribution >= 0.6 is 0 Å². The van der Waals surface area contributed by atoms with Crippen molar-refractivity contribution in [2.75, 3.05) is 25.0 Å². The maximum Gasteiger partial charge on any atom is 0.230 e. The number of hydrogen-bond acceptors (Lipinski definition) is 3. The van der Waals surface area contributed by atoms with E-state index in [1.807, 2.05) is 4.90 Å². The molecule has 0 radical (unpaired) electrons. The standard InChI is InChI=1S/C20H23FN2O3/c1-13-4-9-26-20(12-13)5-7-23(8-6-20)19(25)16-11-18(24)22-17-10-14(21)2-3-15(16)17/h2-3,10,12,16H,4-9,11H2,1H3,(H,22,24). The maximum atomic E-state index is 13.5. The molecule has 138 valence electrons. The molecule has 6 heteroatoms. The summed E-state index contributed by atoms with van der Waals surface area (Å²) in [6.45, 7) is 4.07. The summed E-state index contributed by atoms with van der Waals surface area (Å²) in [7, 11) is 0. The van der Waals surface area contributed by atoms with E-state index in [2.05, 4.69) is 18.3 Å². The van der Waals surface area contributed by atoms with Crippen molar-refractivity contribution in [2.24, 2.45) is 0 Å². The lowest BCUT2D eigenvalue weighted by molar-refractivity contribution is -0.139. The highest BCUT2D eigenvalue weighted by Crippen LogP contribution is 2.37. The van der Waals surface area contributed by atoms with E-state index in [1.165, 1.54) is 17.7 Å². The summed E-state index contributed by atoms with van der Waals surface area (Å²) in [5, 5.41) is 2.66. The number of piperidine rings is 1. The second kappa shape index (κ2) is 6.50. The Morgan fingerprint density at radius 1 is 1.35 bits per heavy atom. The van der Waals surface area contributed by atoms with E-state index < -0.39 is 11.7 Å². The van der Waals surface area contributed by atoms with Gasteiger partial charge in [0.05, 0.1) is 18.1 Å². The van der Waals surface area contributed by atoms with Gasteiger partial charge >= 0.3 is 0 Å². The molecule has 2 amide bonds. The molecule has 1 spiro atoms. The van der Waals surface area contributed by atoms with Gasteiger partial charge in [-0.25, -0.2) is 4.39 Å². The number of carbonyl (C=O) groups is 2. The molecule has 1 fully saturated rings. The minimum atomic E-state index is -0.544. The molecule has 0 saturated carbocycles. The van der Waals surface area contributed by atoms with Crippen LogP contribution in [0.25, 0.3) is 0 Å². The van der Waals surface area contributed by atoms with Crippen LogP contribution in [0.15, 0.2) is 29.8 Å². The number of amides is 2. The second-order valence-electron chi connectivity index (χ2n) is 7.52. The predicted molar refractivity (Wildman–Crippen MR) is 95.3 cm³/mol. The Kier molecular flexibility index (Phi) is 4.31. The molecular weight excluding hydrogens is 335 g/mol. The van der Waals surface area contributed by atoms with E-state index in [0.717, 1.165) is 25.9 Å². The molecular formula is C20H23FN2O3. The molecule has 0 aromatic heterocycles. The molecule has 1 atom stereocenters. The Morgan fingerprint density at radius 2 is 2.12 bits per heavy atom. The fourth-order valence-electron chi connectivity index (χ4n) is 4.25. The average Bonchev–Trinajstić information content (AvgIpc) is 2.60. The predicted octanol–water partition coefficient (Wildman–Crippen LogP) is 2.98. The molecule has 3 aliphatic rings. The first-order valence-electron chi connectivity index (χ1n) is 9.16. The number of ether oxygens (including phenoxy) is 1. The minimum Gasteiger partial charge on any atom is -0.370 e. The van der Waals surface area contributed by atoms with Gasteiger partial charge < -0.3 is 15.0 Å². The highest BCUT2D eigenvalue weighted by molar-refractivity contribution is 6.01. The van der Waals surface area contributed by atoms with Gasteiger partial charge in [-0.1, -0.05) is 17.7 Å². The number of nitrogens with one attached hydrogen (secondary N) is 1. The van der Waals surface area contributed by atoms with Crippen LogP contribution < -0.4 is 5.32 Å². The van der Waals surface area contributed by atoms with Crippen LogP contribution in [0.2, 0.25) is 0 Å². The molecule has 1 saturated heterocycles. The lowest BCUT2D eigenvalue weighted by Crippen LogP contribution is -2.50. The largest absolute Gasteiger partial charge is 0.370 e. The van der Waals surface area contributed by atoms with Gasteiger partial charge in [-0.2, -0.15) is 0 Å². The van der Waals surface area contributed by atoms with E-state index in [9.17, 15) is 14.0 Å². The zero-order chi connectivity index (χ0) is 18.3. The normalized spacial score (nSPS) is 24.7. The number of anilines is 1. The summed E-state index contributed by atoms with van der Waals surface area (Å²) in [5.41, 5.74) is 2.20. The third kappa shape index (κ3) is 3.14. The number of halogens is 1. The lowest BCUT2D eigenvalue weighted by Gasteiger charge is -2.43. The Balaban J connectivity index is 1.51. The molecule has 26 heavy (non-hydrogen) atoms. The molecule has 3 heterocycles. The number of hydrogen-bond donors (Lipinski definition) is 1. The van der Waals surface area contributed by atoms with Crippen LogP contribution in [0.1, 0.15) is 44.1 Å². The quantitative estimate of drug-likeness (QED) is 0.785. The molecule has 4 rings (SSSR count). The van der Waals surface area contributed by atoms with Crippen LogP contribution in [0.3, 0.4) is 0 Å². The number of nitrogens with zero attached hydrogens (tertiary/aromatic N) is 1. The van der Waals surface area contributed by atoms with Crippen molar-refractivity contribution in [3.8, 4) is 0 Å². The van der Waals surface area contributed by atoms with Gasteiger partial charge in [0.1, 0.15) is 5.82 Å². The highest BCUT2D eigenvalue weighted by atomic mass is 19.1. The van der Waals surface area contributed by atoms with Gasteiger partial charge in [-0.15, -0.1) is 0 Å². The smallest absolute Gasteiger partial charge is 0.230 e. The molecule has 3 aliphatic heterocycles. The van der Waals surface area contributed by atoms with Crippen LogP contribution in [0, 0.1) is 5.82 Å². The first-order chi connectivity index (χ1) is 12.5. The summed E-state index contributed by atoms with van der Waals surface area (Å²) in [4.78, 5) is 26.9.